The fraction of sp³-hybridized carbons (Fsp3) is 0.312. The Kier molecular flexibility index (Phi) is 2.67. The first-order chi connectivity index (χ1) is 10.2. The third-order valence-corrected chi connectivity index (χ3v) is 4.10. The molecule has 0 saturated heterocycles. The molecule has 0 bridgehead atoms. The van der Waals surface area contributed by atoms with E-state index in [9.17, 15) is 0 Å². The molecule has 5 heteroatoms. The molecule has 4 rings (SSSR count). The Bertz CT molecular complexity index is 821. The van der Waals surface area contributed by atoms with Crippen LogP contribution in [0.25, 0.3) is 5.65 Å². The largest absolute Gasteiger partial charge is 0.384 e. The molecule has 0 spiro atoms. The van der Waals surface area contributed by atoms with Gasteiger partial charge in [-0.2, -0.15) is 0 Å². The maximum Gasteiger partial charge on any atom is 0.164 e. The van der Waals surface area contributed by atoms with Gasteiger partial charge in [-0.3, -0.25) is 4.40 Å². The van der Waals surface area contributed by atoms with Crippen molar-refractivity contribution in [2.45, 2.75) is 26.2 Å². The van der Waals surface area contributed by atoms with Crippen molar-refractivity contribution in [2.24, 2.45) is 0 Å². The van der Waals surface area contributed by atoms with E-state index in [0.29, 0.717) is 5.92 Å². The van der Waals surface area contributed by atoms with E-state index in [1.165, 1.54) is 11.3 Å². The van der Waals surface area contributed by atoms with Crippen molar-refractivity contribution in [3.8, 4) is 0 Å². The van der Waals surface area contributed by atoms with Gasteiger partial charge in [0.1, 0.15) is 11.6 Å². The minimum absolute atomic E-state index is 0.318. The summed E-state index contributed by atoms with van der Waals surface area (Å²) in [5.41, 5.74) is 4.43. The van der Waals surface area contributed by atoms with Crippen LogP contribution < -0.4 is 5.32 Å². The number of fused-ring (bicyclic) bond motifs is 2. The van der Waals surface area contributed by atoms with Crippen molar-refractivity contribution in [2.75, 3.05) is 11.9 Å². The van der Waals surface area contributed by atoms with E-state index in [1.807, 2.05) is 19.9 Å². The van der Waals surface area contributed by atoms with E-state index in [4.69, 9.17) is 0 Å². The zero-order valence-corrected chi connectivity index (χ0v) is 12.2. The summed E-state index contributed by atoms with van der Waals surface area (Å²) in [4.78, 5) is 4.54. The topological polar surface area (TPSA) is 55.1 Å². The Balaban J connectivity index is 1.78. The average molecular weight is 279 g/mol. The van der Waals surface area contributed by atoms with E-state index >= 15 is 0 Å². The van der Waals surface area contributed by atoms with E-state index < -0.39 is 0 Å². The highest BCUT2D eigenvalue weighted by Crippen LogP contribution is 2.29. The zero-order valence-electron chi connectivity index (χ0n) is 12.2. The van der Waals surface area contributed by atoms with E-state index in [0.717, 1.165) is 36.0 Å². The van der Waals surface area contributed by atoms with Gasteiger partial charge in [0.15, 0.2) is 5.65 Å². The number of para-hydroxylation sites is 1. The quantitative estimate of drug-likeness (QED) is 0.743. The third kappa shape index (κ3) is 1.96. The van der Waals surface area contributed by atoms with Crippen molar-refractivity contribution < 1.29 is 0 Å². The number of hydrogen-bond donors (Lipinski definition) is 1. The van der Waals surface area contributed by atoms with Gasteiger partial charge in [0, 0.05) is 29.9 Å². The summed E-state index contributed by atoms with van der Waals surface area (Å²) in [6.45, 7) is 4.88. The molecule has 1 aliphatic rings. The molecule has 0 saturated carbocycles. The second-order valence-electron chi connectivity index (χ2n) is 5.64. The fourth-order valence-corrected chi connectivity index (χ4v) is 3.15. The van der Waals surface area contributed by atoms with Crippen LogP contribution in [0.5, 0.6) is 0 Å². The van der Waals surface area contributed by atoms with Gasteiger partial charge in [-0.25, -0.2) is 4.98 Å². The Labute approximate surface area is 123 Å². The Morgan fingerprint density at radius 3 is 2.95 bits per heavy atom. The molecule has 0 fully saturated rings. The van der Waals surface area contributed by atoms with Crippen LogP contribution >= 0.6 is 0 Å². The Morgan fingerprint density at radius 2 is 2.05 bits per heavy atom. The van der Waals surface area contributed by atoms with E-state index in [2.05, 4.69) is 49.2 Å². The molecule has 5 nitrogen and oxygen atoms in total. The Morgan fingerprint density at radius 1 is 1.19 bits per heavy atom. The van der Waals surface area contributed by atoms with Gasteiger partial charge >= 0.3 is 0 Å². The van der Waals surface area contributed by atoms with E-state index in [-0.39, 0.29) is 0 Å². The first kappa shape index (κ1) is 12.3. The van der Waals surface area contributed by atoms with Crippen molar-refractivity contribution >= 4 is 11.3 Å². The third-order valence-electron chi connectivity index (χ3n) is 4.10. The molecule has 1 aliphatic heterocycles. The predicted molar refractivity (Wildman–Crippen MR) is 81.6 cm³/mol. The molecular weight excluding hydrogens is 262 g/mol. The summed E-state index contributed by atoms with van der Waals surface area (Å²) >= 11 is 0. The van der Waals surface area contributed by atoms with Crippen molar-refractivity contribution in [1.29, 1.82) is 0 Å². The molecule has 0 radical (unpaired) electrons. The average Bonchev–Trinajstić information content (AvgIpc) is 2.90. The summed E-state index contributed by atoms with van der Waals surface area (Å²) in [5.74, 6) is 2.26. The van der Waals surface area contributed by atoms with Crippen molar-refractivity contribution in [1.82, 2.24) is 19.6 Å². The number of aromatic nitrogens is 4. The van der Waals surface area contributed by atoms with Gasteiger partial charge in [0.2, 0.25) is 0 Å². The van der Waals surface area contributed by atoms with Crippen molar-refractivity contribution in [3.05, 3.63) is 53.2 Å². The number of nitrogens with one attached hydrogen (secondary N) is 1. The second-order valence-corrected chi connectivity index (χ2v) is 5.64. The number of aryl methyl sites for hydroxylation is 2. The number of hydrogen-bond acceptors (Lipinski definition) is 4. The van der Waals surface area contributed by atoms with Crippen LogP contribution in [0.15, 0.2) is 30.3 Å². The number of anilines is 1. The fourth-order valence-electron chi connectivity index (χ4n) is 3.15. The highest BCUT2D eigenvalue weighted by atomic mass is 15.3. The lowest BCUT2D eigenvalue weighted by molar-refractivity contribution is 0.634. The van der Waals surface area contributed by atoms with Gasteiger partial charge in [0.25, 0.3) is 0 Å². The van der Waals surface area contributed by atoms with Gasteiger partial charge in [-0.15, -0.1) is 10.2 Å². The maximum atomic E-state index is 4.54. The summed E-state index contributed by atoms with van der Waals surface area (Å²) in [7, 11) is 0. The van der Waals surface area contributed by atoms with Gasteiger partial charge in [0.05, 0.1) is 0 Å². The molecule has 3 aromatic rings. The molecule has 1 atom stereocenters. The summed E-state index contributed by atoms with van der Waals surface area (Å²) in [6, 6.07) is 10.4. The smallest absolute Gasteiger partial charge is 0.164 e. The van der Waals surface area contributed by atoms with Crippen LogP contribution in [-0.2, 0) is 6.42 Å². The Hall–Kier alpha value is -2.43. The van der Waals surface area contributed by atoms with Gasteiger partial charge < -0.3 is 5.32 Å². The van der Waals surface area contributed by atoms with Crippen molar-refractivity contribution in [3.63, 3.8) is 0 Å². The minimum atomic E-state index is 0.318. The highest BCUT2D eigenvalue weighted by Gasteiger charge is 2.24. The van der Waals surface area contributed by atoms with Crippen LogP contribution in [0, 0.1) is 13.8 Å². The standard InChI is InChI=1S/C16H17N5/c1-10-7-15-19-20-16(21(15)11(2)18-10)13-8-12-5-3-4-6-14(12)17-9-13/h3-7,13,17H,8-9H2,1-2H3. The normalized spacial score (nSPS) is 17.5. The van der Waals surface area contributed by atoms with E-state index in [1.54, 1.807) is 0 Å². The molecule has 106 valence electrons. The lowest BCUT2D eigenvalue weighted by atomic mass is 9.93. The summed E-state index contributed by atoms with van der Waals surface area (Å²) < 4.78 is 2.08. The first-order valence-electron chi connectivity index (χ1n) is 7.23. The summed E-state index contributed by atoms with van der Waals surface area (Å²) in [5, 5.41) is 12.2. The highest BCUT2D eigenvalue weighted by molar-refractivity contribution is 5.54. The molecule has 2 aromatic heterocycles. The molecule has 1 aromatic carbocycles. The molecule has 1 N–H and O–H groups in total. The first-order valence-corrected chi connectivity index (χ1v) is 7.23. The predicted octanol–water partition coefficient (Wildman–Crippen LogP) is 2.49. The number of rotatable bonds is 1. The zero-order chi connectivity index (χ0) is 14.4. The SMILES string of the molecule is Cc1cc2nnc(C3CNc4ccccc4C3)n2c(C)n1. The van der Waals surface area contributed by atoms with Crippen LogP contribution in [0.2, 0.25) is 0 Å². The number of benzene rings is 1. The van der Waals surface area contributed by atoms with Crippen LogP contribution in [-0.4, -0.2) is 26.1 Å². The van der Waals surface area contributed by atoms with Crippen LogP contribution in [0.4, 0.5) is 5.69 Å². The molecule has 0 aliphatic carbocycles. The molecule has 3 heterocycles. The lowest BCUT2D eigenvalue weighted by Gasteiger charge is -2.25. The number of nitrogens with zero attached hydrogens (tertiary/aromatic N) is 4. The monoisotopic (exact) mass is 279 g/mol. The minimum Gasteiger partial charge on any atom is -0.384 e. The summed E-state index contributed by atoms with van der Waals surface area (Å²) in [6.07, 6.45) is 0.983. The molecule has 0 amide bonds. The molecule has 21 heavy (non-hydrogen) atoms. The molecule has 1 unspecified atom stereocenters. The van der Waals surface area contributed by atoms with Gasteiger partial charge in [-0.05, 0) is 31.9 Å². The maximum absolute atomic E-state index is 4.54. The van der Waals surface area contributed by atoms with Crippen LogP contribution in [0.3, 0.4) is 0 Å². The second kappa shape index (κ2) is 4.55. The molecular formula is C16H17N5. The lowest BCUT2D eigenvalue weighted by Crippen LogP contribution is -2.23. The van der Waals surface area contributed by atoms with Gasteiger partial charge in [-0.1, -0.05) is 18.2 Å². The van der Waals surface area contributed by atoms with Crippen LogP contribution in [0.1, 0.15) is 28.8 Å².